The average molecular weight is 299 g/mol. The highest BCUT2D eigenvalue weighted by molar-refractivity contribution is 9.10. The van der Waals surface area contributed by atoms with Gasteiger partial charge in [0.1, 0.15) is 5.82 Å². The molecule has 2 nitrogen and oxygen atoms in total. The van der Waals surface area contributed by atoms with E-state index in [1.165, 1.54) is 12.8 Å². The van der Waals surface area contributed by atoms with E-state index in [0.717, 1.165) is 31.2 Å². The van der Waals surface area contributed by atoms with Crippen LogP contribution in [0.3, 0.4) is 0 Å². The number of benzene rings is 1. The fraction of sp³-hybridized carbons (Fsp3) is 0.538. The predicted octanol–water partition coefficient (Wildman–Crippen LogP) is 2.78. The first-order chi connectivity index (χ1) is 8.24. The summed E-state index contributed by atoms with van der Waals surface area (Å²) < 4.78 is 14.1. The molecule has 0 aromatic heterocycles. The third kappa shape index (κ3) is 2.47. The number of rotatable bonds is 2. The van der Waals surface area contributed by atoms with Crippen molar-refractivity contribution in [1.29, 1.82) is 0 Å². The van der Waals surface area contributed by atoms with Crippen LogP contribution in [0.15, 0.2) is 22.7 Å². The molecule has 2 fully saturated rings. The number of nitrogens with zero attached hydrogens (tertiary/aromatic N) is 1. The van der Waals surface area contributed by atoms with E-state index in [1.807, 2.05) is 6.07 Å². The Hall–Kier alpha value is -0.610. The lowest BCUT2D eigenvalue weighted by molar-refractivity contribution is 0.418. The van der Waals surface area contributed by atoms with Crippen molar-refractivity contribution in [2.75, 3.05) is 24.5 Å². The van der Waals surface area contributed by atoms with Gasteiger partial charge in [0, 0.05) is 31.4 Å². The van der Waals surface area contributed by atoms with Crippen LogP contribution >= 0.6 is 15.9 Å². The van der Waals surface area contributed by atoms with E-state index < -0.39 is 0 Å². The molecule has 3 rings (SSSR count). The van der Waals surface area contributed by atoms with Crippen LogP contribution in [-0.2, 0) is 0 Å². The zero-order chi connectivity index (χ0) is 11.8. The second kappa shape index (κ2) is 4.58. The molecule has 0 bridgehead atoms. The van der Waals surface area contributed by atoms with Gasteiger partial charge < -0.3 is 10.2 Å². The highest BCUT2D eigenvalue weighted by Crippen LogP contribution is 2.34. The Bertz CT molecular complexity index is 420. The van der Waals surface area contributed by atoms with Crippen LogP contribution in [0.5, 0.6) is 0 Å². The van der Waals surface area contributed by atoms with Gasteiger partial charge in [-0.05, 0) is 52.9 Å². The van der Waals surface area contributed by atoms with Gasteiger partial charge in [0.05, 0.1) is 4.47 Å². The Balaban J connectivity index is 1.75. The first-order valence-electron chi connectivity index (χ1n) is 6.17. The summed E-state index contributed by atoms with van der Waals surface area (Å²) in [6.07, 6.45) is 2.69. The Morgan fingerprint density at radius 2 is 2.18 bits per heavy atom. The van der Waals surface area contributed by atoms with E-state index in [9.17, 15) is 4.39 Å². The number of hydrogen-bond donors (Lipinski definition) is 1. The molecule has 0 amide bonds. The van der Waals surface area contributed by atoms with E-state index in [2.05, 4.69) is 26.1 Å². The molecule has 0 radical (unpaired) electrons. The zero-order valence-electron chi connectivity index (χ0n) is 9.63. The van der Waals surface area contributed by atoms with Crippen LogP contribution in [0.4, 0.5) is 10.1 Å². The van der Waals surface area contributed by atoms with Crippen LogP contribution in [0.1, 0.15) is 12.8 Å². The molecular weight excluding hydrogens is 283 g/mol. The Morgan fingerprint density at radius 3 is 2.88 bits per heavy atom. The molecule has 2 aliphatic rings. The van der Waals surface area contributed by atoms with Gasteiger partial charge in [-0.25, -0.2) is 4.39 Å². The van der Waals surface area contributed by atoms with Crippen LogP contribution in [0.2, 0.25) is 0 Å². The van der Waals surface area contributed by atoms with Crippen LogP contribution in [0, 0.1) is 11.7 Å². The maximum Gasteiger partial charge on any atom is 0.139 e. The van der Waals surface area contributed by atoms with E-state index >= 15 is 0 Å². The van der Waals surface area contributed by atoms with Gasteiger partial charge >= 0.3 is 0 Å². The molecule has 4 heteroatoms. The molecule has 1 unspecified atom stereocenters. The topological polar surface area (TPSA) is 15.3 Å². The molecular formula is C13H16BrFN2. The van der Waals surface area contributed by atoms with Gasteiger partial charge in [0.25, 0.3) is 0 Å². The monoisotopic (exact) mass is 298 g/mol. The molecule has 0 spiro atoms. The largest absolute Gasteiger partial charge is 0.369 e. The van der Waals surface area contributed by atoms with Gasteiger partial charge in [-0.2, -0.15) is 0 Å². The molecule has 1 aliphatic heterocycles. The number of nitrogens with one attached hydrogen (secondary N) is 1. The smallest absolute Gasteiger partial charge is 0.139 e. The standard InChI is InChI=1S/C13H16BrFN2/c14-11-4-3-10(7-12(11)15)17-6-5-16-13(8-17)9-1-2-9/h3-4,7,9,13,16H,1-2,5-6,8H2. The van der Waals surface area contributed by atoms with Crippen LogP contribution < -0.4 is 10.2 Å². The summed E-state index contributed by atoms with van der Waals surface area (Å²) >= 11 is 3.19. The van der Waals surface area contributed by atoms with Gasteiger partial charge in [-0.3, -0.25) is 0 Å². The highest BCUT2D eigenvalue weighted by atomic mass is 79.9. The van der Waals surface area contributed by atoms with Gasteiger partial charge in [0.15, 0.2) is 0 Å². The van der Waals surface area contributed by atoms with Gasteiger partial charge in [-0.15, -0.1) is 0 Å². The fourth-order valence-electron chi connectivity index (χ4n) is 2.51. The molecule has 1 aromatic carbocycles. The average Bonchev–Trinajstić information content (AvgIpc) is 3.17. The number of halogens is 2. The summed E-state index contributed by atoms with van der Waals surface area (Å²) in [5, 5.41) is 3.56. The SMILES string of the molecule is Fc1cc(N2CCNC(C3CC3)C2)ccc1Br. The zero-order valence-corrected chi connectivity index (χ0v) is 11.2. The van der Waals surface area contributed by atoms with E-state index in [0.29, 0.717) is 10.5 Å². The van der Waals surface area contributed by atoms with Crippen molar-refractivity contribution in [3.63, 3.8) is 0 Å². The summed E-state index contributed by atoms with van der Waals surface area (Å²) in [4.78, 5) is 2.29. The summed E-state index contributed by atoms with van der Waals surface area (Å²) in [6, 6.07) is 6.00. The van der Waals surface area contributed by atoms with Gasteiger partial charge in [0.2, 0.25) is 0 Å². The molecule has 1 aromatic rings. The lowest BCUT2D eigenvalue weighted by Gasteiger charge is -2.35. The van der Waals surface area contributed by atoms with Crippen molar-refractivity contribution in [3.05, 3.63) is 28.5 Å². The van der Waals surface area contributed by atoms with Crippen molar-refractivity contribution >= 4 is 21.6 Å². The second-order valence-corrected chi connectivity index (χ2v) is 5.80. The normalized spacial score (nSPS) is 25.1. The Morgan fingerprint density at radius 1 is 1.35 bits per heavy atom. The first kappa shape index (κ1) is 11.5. The molecule has 1 heterocycles. The summed E-state index contributed by atoms with van der Waals surface area (Å²) in [5.74, 6) is 0.669. The molecule has 1 N–H and O–H groups in total. The van der Waals surface area contributed by atoms with Crippen molar-refractivity contribution in [2.24, 2.45) is 5.92 Å². The lowest BCUT2D eigenvalue weighted by Crippen LogP contribution is -2.51. The molecule has 1 aliphatic carbocycles. The Kier molecular flexibility index (Phi) is 3.09. The molecule has 1 saturated carbocycles. The number of anilines is 1. The highest BCUT2D eigenvalue weighted by Gasteiger charge is 2.34. The maximum absolute atomic E-state index is 13.5. The molecule has 1 atom stereocenters. The summed E-state index contributed by atoms with van der Waals surface area (Å²) in [6.45, 7) is 2.97. The fourth-order valence-corrected chi connectivity index (χ4v) is 2.76. The lowest BCUT2D eigenvalue weighted by atomic mass is 10.1. The third-order valence-electron chi connectivity index (χ3n) is 3.66. The summed E-state index contributed by atoms with van der Waals surface area (Å²) in [7, 11) is 0. The second-order valence-electron chi connectivity index (χ2n) is 4.94. The van der Waals surface area contributed by atoms with E-state index in [1.54, 1.807) is 12.1 Å². The van der Waals surface area contributed by atoms with E-state index in [4.69, 9.17) is 0 Å². The molecule has 17 heavy (non-hydrogen) atoms. The van der Waals surface area contributed by atoms with Crippen molar-refractivity contribution in [3.8, 4) is 0 Å². The molecule has 1 saturated heterocycles. The Labute approximate surface area is 109 Å². The molecule has 92 valence electrons. The van der Waals surface area contributed by atoms with Crippen LogP contribution in [-0.4, -0.2) is 25.7 Å². The van der Waals surface area contributed by atoms with Crippen molar-refractivity contribution in [1.82, 2.24) is 5.32 Å². The minimum absolute atomic E-state index is 0.177. The number of hydrogen-bond acceptors (Lipinski definition) is 2. The van der Waals surface area contributed by atoms with Crippen molar-refractivity contribution < 1.29 is 4.39 Å². The van der Waals surface area contributed by atoms with Gasteiger partial charge in [-0.1, -0.05) is 0 Å². The minimum atomic E-state index is -0.177. The van der Waals surface area contributed by atoms with Crippen LogP contribution in [0.25, 0.3) is 0 Å². The quantitative estimate of drug-likeness (QED) is 0.903. The maximum atomic E-state index is 13.5. The summed E-state index contributed by atoms with van der Waals surface area (Å²) in [5.41, 5.74) is 0.998. The van der Waals surface area contributed by atoms with Crippen molar-refractivity contribution in [2.45, 2.75) is 18.9 Å². The predicted molar refractivity (Wildman–Crippen MR) is 70.8 cm³/mol. The minimum Gasteiger partial charge on any atom is -0.369 e. The van der Waals surface area contributed by atoms with E-state index in [-0.39, 0.29) is 5.82 Å². The first-order valence-corrected chi connectivity index (χ1v) is 6.97. The third-order valence-corrected chi connectivity index (χ3v) is 4.31. The number of piperazine rings is 1.